The van der Waals surface area contributed by atoms with Gasteiger partial charge in [-0.25, -0.2) is 9.07 Å². The maximum atomic E-state index is 14.4. The topological polar surface area (TPSA) is 69.0 Å². The van der Waals surface area contributed by atoms with Gasteiger partial charge in [0.05, 0.1) is 17.9 Å². The number of ether oxygens (including phenoxy) is 1. The molecule has 7 heteroatoms. The summed E-state index contributed by atoms with van der Waals surface area (Å²) in [6.07, 6.45) is 0.376. The van der Waals surface area contributed by atoms with Crippen LogP contribution in [0.3, 0.4) is 0 Å². The maximum Gasteiger partial charge on any atom is 0.336 e. The van der Waals surface area contributed by atoms with Crippen LogP contribution in [0.5, 0.6) is 6.01 Å². The van der Waals surface area contributed by atoms with Gasteiger partial charge >= 0.3 is 6.01 Å². The molecule has 0 unspecified atom stereocenters. The molecule has 2 aromatic carbocycles. The van der Waals surface area contributed by atoms with Gasteiger partial charge in [0.2, 0.25) is 5.91 Å². The fourth-order valence-electron chi connectivity index (χ4n) is 2.56. The van der Waals surface area contributed by atoms with E-state index in [1.165, 1.54) is 10.7 Å². The van der Waals surface area contributed by atoms with Crippen molar-refractivity contribution in [3.8, 4) is 23.1 Å². The molecule has 0 fully saturated rings. The number of carbonyl (C=O) groups excluding carboxylic acids is 1. The van der Waals surface area contributed by atoms with Gasteiger partial charge in [0.25, 0.3) is 0 Å². The second-order valence-corrected chi connectivity index (χ2v) is 6.77. The minimum absolute atomic E-state index is 0.0916. The number of aromatic nitrogens is 3. The zero-order valence-electron chi connectivity index (χ0n) is 16.1. The van der Waals surface area contributed by atoms with Crippen LogP contribution in [0.1, 0.15) is 27.2 Å². The smallest absolute Gasteiger partial charge is 0.336 e. The van der Waals surface area contributed by atoms with E-state index in [4.69, 9.17) is 4.74 Å². The van der Waals surface area contributed by atoms with E-state index in [2.05, 4.69) is 15.4 Å². The summed E-state index contributed by atoms with van der Waals surface area (Å²) < 4.78 is 21.6. The minimum atomic E-state index is -0.401. The molecule has 1 amide bonds. The van der Waals surface area contributed by atoms with Gasteiger partial charge in [-0.2, -0.15) is 4.98 Å². The fourth-order valence-corrected chi connectivity index (χ4v) is 2.56. The lowest BCUT2D eigenvalue weighted by atomic mass is 10.2. The third-order valence-corrected chi connectivity index (χ3v) is 3.94. The number of rotatable bonds is 7. The summed E-state index contributed by atoms with van der Waals surface area (Å²) in [6, 6.07) is 13.7. The van der Waals surface area contributed by atoms with Crippen molar-refractivity contribution < 1.29 is 13.9 Å². The van der Waals surface area contributed by atoms with Gasteiger partial charge in [0.1, 0.15) is 5.82 Å². The number of nitrogens with zero attached hydrogens (tertiary/aromatic N) is 3. The predicted octanol–water partition coefficient (Wildman–Crippen LogP) is 4.46. The maximum absolute atomic E-state index is 14.4. The van der Waals surface area contributed by atoms with E-state index in [-0.39, 0.29) is 11.9 Å². The van der Waals surface area contributed by atoms with Crippen molar-refractivity contribution in [1.82, 2.24) is 14.8 Å². The van der Waals surface area contributed by atoms with Gasteiger partial charge in [0, 0.05) is 12.1 Å². The summed E-state index contributed by atoms with van der Waals surface area (Å²) in [4.78, 5) is 16.1. The Bertz CT molecular complexity index is 969. The van der Waals surface area contributed by atoms with E-state index in [0.29, 0.717) is 41.7 Å². The van der Waals surface area contributed by atoms with Gasteiger partial charge in [-0.3, -0.25) is 4.79 Å². The SMILES string of the molecule is CCC(=O)Nc1cccc(-n2nc(OCC(C)C)nc2-c2ccccc2F)c1. The molecule has 1 aromatic heterocycles. The molecule has 0 aliphatic carbocycles. The lowest BCUT2D eigenvalue weighted by Gasteiger charge is -2.09. The van der Waals surface area contributed by atoms with Crippen LogP contribution in [0, 0.1) is 11.7 Å². The second kappa shape index (κ2) is 8.65. The Morgan fingerprint density at radius 2 is 2.00 bits per heavy atom. The highest BCUT2D eigenvalue weighted by Crippen LogP contribution is 2.27. The van der Waals surface area contributed by atoms with Crippen LogP contribution in [-0.2, 0) is 4.79 Å². The third kappa shape index (κ3) is 4.54. The largest absolute Gasteiger partial charge is 0.462 e. The van der Waals surface area contributed by atoms with Crippen molar-refractivity contribution in [2.24, 2.45) is 5.92 Å². The summed E-state index contributed by atoms with van der Waals surface area (Å²) in [5.41, 5.74) is 1.58. The van der Waals surface area contributed by atoms with Gasteiger partial charge < -0.3 is 10.1 Å². The van der Waals surface area contributed by atoms with E-state index >= 15 is 0 Å². The Morgan fingerprint density at radius 3 is 2.71 bits per heavy atom. The molecule has 0 aliphatic rings. The van der Waals surface area contributed by atoms with Gasteiger partial charge in [-0.1, -0.05) is 39.0 Å². The number of hydrogen-bond donors (Lipinski definition) is 1. The van der Waals surface area contributed by atoms with Crippen LogP contribution in [0.15, 0.2) is 48.5 Å². The number of nitrogens with one attached hydrogen (secondary N) is 1. The normalized spacial score (nSPS) is 10.9. The zero-order valence-corrected chi connectivity index (χ0v) is 16.1. The highest BCUT2D eigenvalue weighted by molar-refractivity contribution is 5.90. The van der Waals surface area contributed by atoms with E-state index in [1.807, 2.05) is 19.9 Å². The predicted molar refractivity (Wildman–Crippen MR) is 106 cm³/mol. The molecule has 0 spiro atoms. The fraction of sp³-hybridized carbons (Fsp3) is 0.286. The first-order valence-corrected chi connectivity index (χ1v) is 9.23. The monoisotopic (exact) mass is 382 g/mol. The molecular formula is C21H23FN4O2. The van der Waals surface area contributed by atoms with Crippen LogP contribution in [0.2, 0.25) is 0 Å². The molecule has 0 bridgehead atoms. The molecule has 3 aromatic rings. The quantitative estimate of drug-likeness (QED) is 0.655. The molecule has 0 atom stereocenters. The number of carbonyl (C=O) groups is 1. The van der Waals surface area contributed by atoms with Gasteiger partial charge in [-0.05, 0) is 36.2 Å². The molecule has 0 saturated heterocycles. The average molecular weight is 382 g/mol. The van der Waals surface area contributed by atoms with Crippen LogP contribution >= 0.6 is 0 Å². The van der Waals surface area contributed by atoms with Crippen molar-refractivity contribution >= 4 is 11.6 Å². The molecule has 0 saturated carbocycles. The highest BCUT2D eigenvalue weighted by Gasteiger charge is 2.18. The lowest BCUT2D eigenvalue weighted by molar-refractivity contribution is -0.115. The van der Waals surface area contributed by atoms with Crippen molar-refractivity contribution in [2.45, 2.75) is 27.2 Å². The van der Waals surface area contributed by atoms with Crippen molar-refractivity contribution in [1.29, 1.82) is 0 Å². The minimum Gasteiger partial charge on any atom is -0.462 e. The number of benzene rings is 2. The van der Waals surface area contributed by atoms with Gasteiger partial charge in [-0.15, -0.1) is 5.10 Å². The van der Waals surface area contributed by atoms with Crippen LogP contribution in [0.25, 0.3) is 17.1 Å². The number of anilines is 1. The second-order valence-electron chi connectivity index (χ2n) is 6.77. The first kappa shape index (κ1) is 19.5. The van der Waals surface area contributed by atoms with Crippen molar-refractivity contribution in [2.75, 3.05) is 11.9 Å². The van der Waals surface area contributed by atoms with Crippen LogP contribution in [0.4, 0.5) is 10.1 Å². The Kier molecular flexibility index (Phi) is 6.03. The Balaban J connectivity index is 2.05. The van der Waals surface area contributed by atoms with E-state index in [9.17, 15) is 9.18 Å². The summed E-state index contributed by atoms with van der Waals surface area (Å²) in [7, 11) is 0. The standard InChI is InChI=1S/C21H23FN4O2/c1-4-19(27)23-15-8-7-9-16(12-15)26-20(17-10-5-6-11-18(17)22)24-21(25-26)28-13-14(2)3/h5-12,14H,4,13H2,1-3H3,(H,23,27). The Morgan fingerprint density at radius 1 is 1.21 bits per heavy atom. The van der Waals surface area contributed by atoms with Crippen LogP contribution in [-0.4, -0.2) is 27.3 Å². The average Bonchev–Trinajstić information content (AvgIpc) is 3.11. The number of halogens is 1. The Hall–Kier alpha value is -3.22. The Labute approximate surface area is 163 Å². The van der Waals surface area contributed by atoms with Crippen LogP contribution < -0.4 is 10.1 Å². The van der Waals surface area contributed by atoms with Crippen molar-refractivity contribution in [3.63, 3.8) is 0 Å². The zero-order chi connectivity index (χ0) is 20.1. The molecule has 6 nitrogen and oxygen atoms in total. The lowest BCUT2D eigenvalue weighted by Crippen LogP contribution is -2.10. The van der Waals surface area contributed by atoms with Crippen molar-refractivity contribution in [3.05, 3.63) is 54.3 Å². The third-order valence-electron chi connectivity index (χ3n) is 3.94. The van der Waals surface area contributed by atoms with E-state index in [1.54, 1.807) is 43.3 Å². The summed E-state index contributed by atoms with van der Waals surface area (Å²) in [6.45, 7) is 6.28. The molecular weight excluding hydrogens is 359 g/mol. The molecule has 28 heavy (non-hydrogen) atoms. The highest BCUT2D eigenvalue weighted by atomic mass is 19.1. The van der Waals surface area contributed by atoms with E-state index < -0.39 is 5.82 Å². The summed E-state index contributed by atoms with van der Waals surface area (Å²) >= 11 is 0. The van der Waals surface area contributed by atoms with E-state index in [0.717, 1.165) is 0 Å². The summed E-state index contributed by atoms with van der Waals surface area (Å²) in [5.74, 6) is 0.139. The first-order chi connectivity index (χ1) is 13.5. The van der Waals surface area contributed by atoms with Gasteiger partial charge in [0.15, 0.2) is 5.82 Å². The molecule has 1 N–H and O–H groups in total. The number of amides is 1. The first-order valence-electron chi connectivity index (χ1n) is 9.23. The summed E-state index contributed by atoms with van der Waals surface area (Å²) in [5, 5.41) is 7.23. The molecule has 1 heterocycles. The number of hydrogen-bond acceptors (Lipinski definition) is 4. The molecule has 0 aliphatic heterocycles. The molecule has 146 valence electrons. The molecule has 3 rings (SSSR count). The molecule has 0 radical (unpaired) electrons.